The van der Waals surface area contributed by atoms with Crippen molar-refractivity contribution in [1.82, 2.24) is 0 Å². The predicted molar refractivity (Wildman–Crippen MR) is 124 cm³/mol. The first-order valence-corrected chi connectivity index (χ1v) is 10.9. The van der Waals surface area contributed by atoms with Crippen LogP contribution in [-0.2, 0) is 14.8 Å². The maximum atomic E-state index is 13.5. The first-order chi connectivity index (χ1) is 14.8. The van der Waals surface area contributed by atoms with Crippen molar-refractivity contribution in [3.8, 4) is 5.75 Å². The Kier molecular flexibility index (Phi) is 6.42. The Balaban J connectivity index is 2.25. The summed E-state index contributed by atoms with van der Waals surface area (Å²) >= 11 is 0. The topological polar surface area (TPSA) is 63.7 Å². The second-order valence-electron chi connectivity index (χ2n) is 6.85. The molecule has 0 saturated heterocycles. The summed E-state index contributed by atoms with van der Waals surface area (Å²) in [5, 5.41) is 0. The minimum Gasteiger partial charge on any atom is -0.497 e. The van der Waals surface area contributed by atoms with E-state index < -0.39 is 15.9 Å². The second kappa shape index (κ2) is 9.02. The molecule has 0 atom stereocenters. The molecule has 1 amide bonds. The van der Waals surface area contributed by atoms with Crippen molar-refractivity contribution < 1.29 is 17.9 Å². The van der Waals surface area contributed by atoms with Crippen LogP contribution in [0, 0.1) is 6.92 Å². The first kappa shape index (κ1) is 22.1. The van der Waals surface area contributed by atoms with Gasteiger partial charge in [-0.3, -0.25) is 4.79 Å². The van der Waals surface area contributed by atoms with E-state index in [9.17, 15) is 13.2 Å². The molecular weight excluding hydrogens is 410 g/mol. The Labute approximate surface area is 183 Å². The Hall–Kier alpha value is -3.64. The zero-order chi connectivity index (χ0) is 22.6. The van der Waals surface area contributed by atoms with E-state index in [1.54, 1.807) is 24.3 Å². The molecule has 0 saturated carbocycles. The minimum atomic E-state index is -4.21. The van der Waals surface area contributed by atoms with Crippen LogP contribution < -0.4 is 9.04 Å². The maximum Gasteiger partial charge on any atom is 0.271 e. The number of aryl methyl sites for hydroxylation is 1. The summed E-state index contributed by atoms with van der Waals surface area (Å²) in [5.74, 6) is -0.262. The molecule has 0 aliphatic rings. The summed E-state index contributed by atoms with van der Waals surface area (Å²) in [6, 6.07) is 20.4. The molecule has 0 heterocycles. The monoisotopic (exact) mass is 433 g/mol. The van der Waals surface area contributed by atoms with Gasteiger partial charge in [-0.25, -0.2) is 8.42 Å². The summed E-state index contributed by atoms with van der Waals surface area (Å²) in [6.07, 6.45) is 0.977. The fraction of sp³-hybridized carbons (Fsp3) is 0.0800. The van der Waals surface area contributed by atoms with Gasteiger partial charge in [-0.05, 0) is 54.5 Å². The fourth-order valence-electron chi connectivity index (χ4n) is 3.12. The van der Waals surface area contributed by atoms with E-state index in [-0.39, 0.29) is 10.6 Å². The van der Waals surface area contributed by atoms with Gasteiger partial charge in [0.1, 0.15) is 5.75 Å². The van der Waals surface area contributed by atoms with Crippen molar-refractivity contribution in [3.63, 3.8) is 0 Å². The van der Waals surface area contributed by atoms with E-state index in [1.807, 2.05) is 37.3 Å². The third-order valence-electron chi connectivity index (χ3n) is 4.80. The van der Waals surface area contributed by atoms with Crippen LogP contribution in [-0.4, -0.2) is 21.4 Å². The lowest BCUT2D eigenvalue weighted by Crippen LogP contribution is -2.36. The van der Waals surface area contributed by atoms with Crippen molar-refractivity contribution >= 4 is 27.2 Å². The van der Waals surface area contributed by atoms with Crippen molar-refractivity contribution in [1.29, 1.82) is 0 Å². The third-order valence-corrected chi connectivity index (χ3v) is 6.53. The molecule has 6 heteroatoms. The molecule has 3 aromatic rings. The average Bonchev–Trinajstić information content (AvgIpc) is 2.79. The smallest absolute Gasteiger partial charge is 0.271 e. The Morgan fingerprint density at radius 2 is 1.65 bits per heavy atom. The van der Waals surface area contributed by atoms with Crippen LogP contribution in [0.2, 0.25) is 0 Å². The molecule has 0 radical (unpaired) electrons. The van der Waals surface area contributed by atoms with Gasteiger partial charge in [0.05, 0.1) is 17.7 Å². The molecule has 0 unspecified atom stereocenters. The summed E-state index contributed by atoms with van der Waals surface area (Å²) < 4.78 is 33.1. The number of ether oxygens (including phenoxy) is 1. The Morgan fingerprint density at radius 3 is 2.23 bits per heavy atom. The summed E-state index contributed by atoms with van der Waals surface area (Å²) in [5.41, 5.74) is 2.87. The molecule has 0 N–H and O–H groups in total. The standard InChI is InChI=1S/C25H23NO4S/c1-5-25(27)26(31(28,29)22-14-11-18(2)12-15-22)24-16-13-21(30-4)17-23(24)19(3)20-9-7-6-8-10-20/h5-17H,1,3H2,2,4H3. The Bertz CT molecular complexity index is 1230. The van der Waals surface area contributed by atoms with E-state index in [0.717, 1.165) is 21.5 Å². The first-order valence-electron chi connectivity index (χ1n) is 9.50. The molecule has 3 rings (SSSR count). The minimum absolute atomic E-state index is 0.000362. The molecule has 3 aromatic carbocycles. The van der Waals surface area contributed by atoms with Crippen LogP contribution >= 0.6 is 0 Å². The van der Waals surface area contributed by atoms with Crippen molar-refractivity contribution in [2.75, 3.05) is 11.4 Å². The van der Waals surface area contributed by atoms with Crippen molar-refractivity contribution in [2.24, 2.45) is 0 Å². The second-order valence-corrected chi connectivity index (χ2v) is 8.64. The van der Waals surface area contributed by atoms with Gasteiger partial charge in [0.15, 0.2) is 0 Å². The van der Waals surface area contributed by atoms with E-state index in [1.165, 1.54) is 25.3 Å². The summed E-state index contributed by atoms with van der Waals surface area (Å²) in [4.78, 5) is 12.8. The number of hydrogen-bond acceptors (Lipinski definition) is 4. The molecule has 0 fully saturated rings. The van der Waals surface area contributed by atoms with Gasteiger partial charge in [-0.15, -0.1) is 0 Å². The number of carbonyl (C=O) groups is 1. The van der Waals surface area contributed by atoms with Crippen LogP contribution in [0.1, 0.15) is 16.7 Å². The number of rotatable bonds is 7. The predicted octanol–water partition coefficient (Wildman–Crippen LogP) is 4.97. The molecule has 0 aliphatic heterocycles. The zero-order valence-electron chi connectivity index (χ0n) is 17.4. The third kappa shape index (κ3) is 4.44. The molecule has 158 valence electrons. The van der Waals surface area contributed by atoms with Gasteiger partial charge in [0.2, 0.25) is 0 Å². The van der Waals surface area contributed by atoms with Crippen LogP contribution in [0.25, 0.3) is 5.57 Å². The number of nitrogens with zero attached hydrogens (tertiary/aromatic N) is 1. The molecule has 0 spiro atoms. The largest absolute Gasteiger partial charge is 0.497 e. The number of carbonyl (C=O) groups excluding carboxylic acids is 1. The number of sulfonamides is 1. The molecule has 0 aliphatic carbocycles. The van der Waals surface area contributed by atoms with Gasteiger partial charge in [0, 0.05) is 5.56 Å². The lowest BCUT2D eigenvalue weighted by molar-refractivity contribution is -0.113. The van der Waals surface area contributed by atoms with E-state index in [2.05, 4.69) is 13.2 Å². The highest BCUT2D eigenvalue weighted by atomic mass is 32.2. The molecule has 5 nitrogen and oxygen atoms in total. The average molecular weight is 434 g/mol. The highest BCUT2D eigenvalue weighted by molar-refractivity contribution is 7.93. The number of hydrogen-bond donors (Lipinski definition) is 0. The number of anilines is 1. The highest BCUT2D eigenvalue weighted by Gasteiger charge is 2.32. The molecular formula is C25H23NO4S. The molecule has 31 heavy (non-hydrogen) atoms. The summed E-state index contributed by atoms with van der Waals surface area (Å²) in [6.45, 7) is 9.50. The summed E-state index contributed by atoms with van der Waals surface area (Å²) in [7, 11) is -2.70. The van der Waals surface area contributed by atoms with Gasteiger partial charge >= 0.3 is 0 Å². The van der Waals surface area contributed by atoms with E-state index >= 15 is 0 Å². The number of benzene rings is 3. The highest BCUT2D eigenvalue weighted by Crippen LogP contribution is 2.36. The Morgan fingerprint density at radius 1 is 1.00 bits per heavy atom. The van der Waals surface area contributed by atoms with Crippen LogP contribution in [0.3, 0.4) is 0 Å². The van der Waals surface area contributed by atoms with Gasteiger partial charge in [-0.2, -0.15) is 4.31 Å². The van der Waals surface area contributed by atoms with Crippen molar-refractivity contribution in [2.45, 2.75) is 11.8 Å². The SMILES string of the molecule is C=CC(=O)N(c1ccc(OC)cc1C(=C)c1ccccc1)S(=O)(=O)c1ccc(C)cc1. The van der Waals surface area contributed by atoms with E-state index in [4.69, 9.17) is 4.74 Å². The van der Waals surface area contributed by atoms with Gasteiger partial charge < -0.3 is 4.74 Å². The van der Waals surface area contributed by atoms with Crippen LogP contribution in [0.5, 0.6) is 5.75 Å². The van der Waals surface area contributed by atoms with Crippen LogP contribution in [0.15, 0.2) is 96.9 Å². The number of methoxy groups -OCH3 is 1. The zero-order valence-corrected chi connectivity index (χ0v) is 18.2. The molecule has 0 bridgehead atoms. The lowest BCUT2D eigenvalue weighted by atomic mass is 9.97. The normalized spacial score (nSPS) is 10.9. The van der Waals surface area contributed by atoms with Gasteiger partial charge in [-0.1, -0.05) is 61.2 Å². The lowest BCUT2D eigenvalue weighted by Gasteiger charge is -2.25. The van der Waals surface area contributed by atoms with Gasteiger partial charge in [0.25, 0.3) is 15.9 Å². The fourth-order valence-corrected chi connectivity index (χ4v) is 4.54. The van der Waals surface area contributed by atoms with Crippen molar-refractivity contribution in [3.05, 3.63) is 109 Å². The quantitative estimate of drug-likeness (QED) is 0.494. The van der Waals surface area contributed by atoms with E-state index in [0.29, 0.717) is 16.9 Å². The van der Waals surface area contributed by atoms with Crippen LogP contribution in [0.4, 0.5) is 5.69 Å². The maximum absolute atomic E-state index is 13.5. The number of amides is 1. The molecule has 0 aromatic heterocycles.